The van der Waals surface area contributed by atoms with Crippen molar-refractivity contribution in [1.29, 1.82) is 0 Å². The molecule has 0 aliphatic rings. The molecule has 0 radical (unpaired) electrons. The maximum absolute atomic E-state index is 12.3. The Morgan fingerprint density at radius 1 is 1.25 bits per heavy atom. The van der Waals surface area contributed by atoms with Crippen molar-refractivity contribution in [3.05, 3.63) is 73.7 Å². The standard InChI is InChI=1S/C15H12BrNO3/c1-10-5-6-14(17(19)20)13(7-10)15(18)9-11-3-2-4-12(16)8-11/h2-8H,9H2,1H3. The molecule has 20 heavy (non-hydrogen) atoms. The largest absolute Gasteiger partial charge is 0.294 e. The minimum absolute atomic E-state index is 0.143. The second-order valence-corrected chi connectivity index (χ2v) is 5.42. The van der Waals surface area contributed by atoms with Crippen LogP contribution in [0.4, 0.5) is 5.69 Å². The second kappa shape index (κ2) is 5.96. The fourth-order valence-corrected chi connectivity index (χ4v) is 2.41. The third-order valence-electron chi connectivity index (χ3n) is 2.90. The Bertz CT molecular complexity index is 683. The van der Waals surface area contributed by atoms with Crippen LogP contribution in [0.5, 0.6) is 0 Å². The first-order valence-electron chi connectivity index (χ1n) is 6.00. The molecule has 102 valence electrons. The van der Waals surface area contributed by atoms with Gasteiger partial charge in [-0.25, -0.2) is 0 Å². The number of hydrogen-bond acceptors (Lipinski definition) is 3. The second-order valence-electron chi connectivity index (χ2n) is 4.51. The van der Waals surface area contributed by atoms with Crippen molar-refractivity contribution in [2.75, 3.05) is 0 Å². The zero-order valence-corrected chi connectivity index (χ0v) is 12.4. The molecule has 0 aliphatic carbocycles. The number of nitro groups is 1. The van der Waals surface area contributed by atoms with E-state index < -0.39 is 4.92 Å². The molecule has 0 atom stereocenters. The summed E-state index contributed by atoms with van der Waals surface area (Å²) < 4.78 is 0.876. The van der Waals surface area contributed by atoms with Gasteiger partial charge in [-0.2, -0.15) is 0 Å². The molecule has 4 nitrogen and oxygen atoms in total. The summed E-state index contributed by atoms with van der Waals surface area (Å²) in [4.78, 5) is 22.8. The summed E-state index contributed by atoms with van der Waals surface area (Å²) in [5.74, 6) is -0.251. The Hall–Kier alpha value is -2.01. The summed E-state index contributed by atoms with van der Waals surface area (Å²) >= 11 is 3.34. The summed E-state index contributed by atoms with van der Waals surface area (Å²) in [5.41, 5.74) is 1.67. The van der Waals surface area contributed by atoms with Gasteiger partial charge < -0.3 is 0 Å². The van der Waals surface area contributed by atoms with Crippen molar-refractivity contribution < 1.29 is 9.72 Å². The molecule has 0 N–H and O–H groups in total. The molecule has 0 aliphatic heterocycles. The van der Waals surface area contributed by atoms with Crippen LogP contribution in [-0.4, -0.2) is 10.7 Å². The predicted octanol–water partition coefficient (Wildman–Crippen LogP) is 4.09. The maximum atomic E-state index is 12.3. The van der Waals surface area contributed by atoms with Crippen LogP contribution in [0.2, 0.25) is 0 Å². The quantitative estimate of drug-likeness (QED) is 0.481. The zero-order valence-electron chi connectivity index (χ0n) is 10.8. The Labute approximate surface area is 124 Å². The van der Waals surface area contributed by atoms with Crippen molar-refractivity contribution in [2.45, 2.75) is 13.3 Å². The number of carbonyl (C=O) groups excluding carboxylic acids is 1. The molecule has 5 heteroatoms. The van der Waals surface area contributed by atoms with Crippen molar-refractivity contribution in [2.24, 2.45) is 0 Å². The lowest BCUT2D eigenvalue weighted by molar-refractivity contribution is -0.385. The molecule has 0 amide bonds. The van der Waals surface area contributed by atoms with E-state index in [1.165, 1.54) is 6.07 Å². The van der Waals surface area contributed by atoms with Gasteiger partial charge in [-0.1, -0.05) is 34.1 Å². The third kappa shape index (κ3) is 3.30. The molecular weight excluding hydrogens is 322 g/mol. The van der Waals surface area contributed by atoms with Crippen LogP contribution in [0.25, 0.3) is 0 Å². The molecular formula is C15H12BrNO3. The van der Waals surface area contributed by atoms with Gasteiger partial charge in [-0.15, -0.1) is 0 Å². The number of nitrogens with zero attached hydrogens (tertiary/aromatic N) is 1. The molecule has 0 saturated heterocycles. The Morgan fingerprint density at radius 3 is 2.65 bits per heavy atom. The highest BCUT2D eigenvalue weighted by Gasteiger charge is 2.20. The van der Waals surface area contributed by atoms with Gasteiger partial charge in [0.15, 0.2) is 5.78 Å². The number of ketones is 1. The number of rotatable bonds is 4. The molecule has 0 unspecified atom stereocenters. The molecule has 0 aromatic heterocycles. The van der Waals surface area contributed by atoms with E-state index in [1.54, 1.807) is 19.1 Å². The molecule has 0 fully saturated rings. The lowest BCUT2D eigenvalue weighted by atomic mass is 10.00. The SMILES string of the molecule is Cc1ccc([N+](=O)[O-])c(C(=O)Cc2cccc(Br)c2)c1. The van der Waals surface area contributed by atoms with Crippen molar-refractivity contribution in [3.8, 4) is 0 Å². The number of nitro benzene ring substituents is 1. The molecule has 2 aromatic rings. The van der Waals surface area contributed by atoms with Crippen molar-refractivity contribution in [3.63, 3.8) is 0 Å². The number of hydrogen-bond donors (Lipinski definition) is 0. The monoisotopic (exact) mass is 333 g/mol. The van der Waals surface area contributed by atoms with Gasteiger partial charge in [-0.05, 0) is 36.2 Å². The van der Waals surface area contributed by atoms with Crippen LogP contribution >= 0.6 is 15.9 Å². The Morgan fingerprint density at radius 2 is 2.00 bits per heavy atom. The van der Waals surface area contributed by atoms with E-state index in [1.807, 2.05) is 24.3 Å². The molecule has 0 spiro atoms. The highest BCUT2D eigenvalue weighted by Crippen LogP contribution is 2.22. The lowest BCUT2D eigenvalue weighted by Gasteiger charge is -2.04. The van der Waals surface area contributed by atoms with Gasteiger partial charge in [0.1, 0.15) is 0 Å². The minimum Gasteiger partial charge on any atom is -0.294 e. The fraction of sp³-hybridized carbons (Fsp3) is 0.133. The number of halogens is 1. The highest BCUT2D eigenvalue weighted by atomic mass is 79.9. The number of aryl methyl sites for hydroxylation is 1. The predicted molar refractivity (Wildman–Crippen MR) is 80.0 cm³/mol. The normalized spacial score (nSPS) is 10.3. The first-order chi connectivity index (χ1) is 9.47. The average molecular weight is 334 g/mol. The summed E-state index contributed by atoms with van der Waals surface area (Å²) in [6.45, 7) is 1.81. The number of Topliss-reactive ketones (excluding diaryl/α,β-unsaturated/α-hetero) is 1. The van der Waals surface area contributed by atoms with E-state index in [-0.39, 0.29) is 23.5 Å². The smallest absolute Gasteiger partial charge is 0.280 e. The first-order valence-corrected chi connectivity index (χ1v) is 6.79. The third-order valence-corrected chi connectivity index (χ3v) is 3.40. The van der Waals surface area contributed by atoms with Crippen LogP contribution < -0.4 is 0 Å². The minimum atomic E-state index is -0.520. The van der Waals surface area contributed by atoms with Gasteiger partial charge in [0.2, 0.25) is 0 Å². The van der Waals surface area contributed by atoms with E-state index in [2.05, 4.69) is 15.9 Å². The van der Waals surface area contributed by atoms with E-state index in [4.69, 9.17) is 0 Å². The van der Waals surface area contributed by atoms with Crippen LogP contribution in [0.1, 0.15) is 21.5 Å². The summed E-state index contributed by atoms with van der Waals surface area (Å²) in [5, 5.41) is 11.0. The van der Waals surface area contributed by atoms with Crippen LogP contribution in [0.15, 0.2) is 46.9 Å². The van der Waals surface area contributed by atoms with Crippen LogP contribution in [0.3, 0.4) is 0 Å². The first kappa shape index (κ1) is 14.4. The topological polar surface area (TPSA) is 60.2 Å². The van der Waals surface area contributed by atoms with Gasteiger partial charge in [0.05, 0.1) is 10.5 Å². The van der Waals surface area contributed by atoms with Gasteiger partial charge in [0, 0.05) is 17.0 Å². The van der Waals surface area contributed by atoms with E-state index >= 15 is 0 Å². The fourth-order valence-electron chi connectivity index (χ4n) is 1.96. The number of carbonyl (C=O) groups is 1. The lowest BCUT2D eigenvalue weighted by Crippen LogP contribution is -2.07. The van der Waals surface area contributed by atoms with Crippen LogP contribution in [-0.2, 0) is 6.42 Å². The molecule has 0 bridgehead atoms. The Balaban J connectivity index is 2.34. The molecule has 2 aromatic carbocycles. The van der Waals surface area contributed by atoms with Crippen molar-refractivity contribution >= 4 is 27.4 Å². The molecule has 0 saturated carbocycles. The molecule has 0 heterocycles. The zero-order chi connectivity index (χ0) is 14.7. The van der Waals surface area contributed by atoms with E-state index in [0.717, 1.165) is 15.6 Å². The van der Waals surface area contributed by atoms with Gasteiger partial charge in [0.25, 0.3) is 5.69 Å². The maximum Gasteiger partial charge on any atom is 0.280 e. The molecule has 2 rings (SSSR count). The van der Waals surface area contributed by atoms with Crippen LogP contribution in [0, 0.1) is 17.0 Å². The summed E-state index contributed by atoms with van der Waals surface area (Å²) in [7, 11) is 0. The Kier molecular flexibility index (Phi) is 4.29. The van der Waals surface area contributed by atoms with E-state index in [0.29, 0.717) is 0 Å². The summed E-state index contributed by atoms with van der Waals surface area (Å²) in [6.07, 6.45) is 0.143. The van der Waals surface area contributed by atoms with Gasteiger partial charge in [-0.3, -0.25) is 14.9 Å². The summed E-state index contributed by atoms with van der Waals surface area (Å²) in [6, 6.07) is 11.9. The number of benzene rings is 2. The average Bonchev–Trinajstić information content (AvgIpc) is 2.38. The van der Waals surface area contributed by atoms with Crippen molar-refractivity contribution in [1.82, 2.24) is 0 Å². The highest BCUT2D eigenvalue weighted by molar-refractivity contribution is 9.10. The van der Waals surface area contributed by atoms with Gasteiger partial charge >= 0.3 is 0 Å². The van der Waals surface area contributed by atoms with E-state index in [9.17, 15) is 14.9 Å².